The van der Waals surface area contributed by atoms with Crippen molar-refractivity contribution in [2.75, 3.05) is 9.80 Å². The SMILES string of the molecule is c1ccc(-c2ccc(N(c3ccccc3-c3ccccc3)c3c(N(c4ccccc4)c4ccccc4-c4cccc5ccccc45)ccc4oc5c6ccccc6ccc5c34)cc2)cc1. The summed E-state index contributed by atoms with van der Waals surface area (Å²) in [5, 5.41) is 6.71. The van der Waals surface area contributed by atoms with Crippen LogP contribution in [0.15, 0.2) is 259 Å². The van der Waals surface area contributed by atoms with E-state index in [-0.39, 0.29) is 0 Å². The molecule has 0 bridgehead atoms. The fraction of sp³-hybridized carbons (Fsp3) is 0. The Bertz CT molecular complexity index is 3650. The first kappa shape index (κ1) is 38.0. The molecular formula is C62H42N2O. The van der Waals surface area contributed by atoms with Gasteiger partial charge in [-0.1, -0.05) is 200 Å². The van der Waals surface area contributed by atoms with E-state index < -0.39 is 0 Å². The number of hydrogen-bond donors (Lipinski definition) is 0. The summed E-state index contributed by atoms with van der Waals surface area (Å²) >= 11 is 0. The van der Waals surface area contributed by atoms with Crippen molar-refractivity contribution >= 4 is 77.6 Å². The third-order valence-corrected chi connectivity index (χ3v) is 12.6. The van der Waals surface area contributed by atoms with Crippen LogP contribution in [-0.2, 0) is 0 Å². The van der Waals surface area contributed by atoms with Gasteiger partial charge in [-0.05, 0) is 93.0 Å². The Morgan fingerprint density at radius 3 is 1.54 bits per heavy atom. The molecule has 0 saturated heterocycles. The first-order chi connectivity index (χ1) is 32.3. The highest BCUT2D eigenvalue weighted by atomic mass is 16.3. The van der Waals surface area contributed by atoms with Crippen LogP contribution in [0.4, 0.5) is 34.1 Å². The Hall–Kier alpha value is -8.66. The van der Waals surface area contributed by atoms with E-state index in [2.05, 4.69) is 265 Å². The summed E-state index contributed by atoms with van der Waals surface area (Å²) in [6.45, 7) is 0. The van der Waals surface area contributed by atoms with Gasteiger partial charge in [0.05, 0.1) is 28.1 Å². The zero-order valence-corrected chi connectivity index (χ0v) is 35.6. The van der Waals surface area contributed by atoms with Gasteiger partial charge in [-0.2, -0.15) is 0 Å². The minimum atomic E-state index is 0.813. The third kappa shape index (κ3) is 6.70. The largest absolute Gasteiger partial charge is 0.455 e. The number of furan rings is 1. The number of para-hydroxylation sites is 3. The van der Waals surface area contributed by atoms with Gasteiger partial charge in [0.25, 0.3) is 0 Å². The fourth-order valence-corrected chi connectivity index (χ4v) is 9.67. The molecule has 1 aromatic heterocycles. The summed E-state index contributed by atoms with van der Waals surface area (Å²) in [7, 11) is 0. The van der Waals surface area contributed by atoms with Gasteiger partial charge in [0.15, 0.2) is 0 Å². The van der Waals surface area contributed by atoms with Crippen molar-refractivity contribution in [2.24, 2.45) is 0 Å². The van der Waals surface area contributed by atoms with Crippen molar-refractivity contribution in [3.05, 3.63) is 255 Å². The molecule has 0 spiro atoms. The fourth-order valence-electron chi connectivity index (χ4n) is 9.67. The van der Waals surface area contributed by atoms with Crippen LogP contribution in [0.2, 0.25) is 0 Å². The topological polar surface area (TPSA) is 19.6 Å². The molecule has 0 radical (unpaired) electrons. The lowest BCUT2D eigenvalue weighted by Gasteiger charge is -2.35. The first-order valence-corrected chi connectivity index (χ1v) is 22.2. The maximum atomic E-state index is 7.06. The van der Waals surface area contributed by atoms with Crippen molar-refractivity contribution in [3.63, 3.8) is 0 Å². The van der Waals surface area contributed by atoms with E-state index in [9.17, 15) is 0 Å². The summed E-state index contributed by atoms with van der Waals surface area (Å²) in [5.74, 6) is 0. The van der Waals surface area contributed by atoms with Gasteiger partial charge in [-0.15, -0.1) is 0 Å². The van der Waals surface area contributed by atoms with E-state index in [0.717, 1.165) is 89.1 Å². The molecule has 12 rings (SSSR count). The number of nitrogens with zero attached hydrogens (tertiary/aromatic N) is 2. The predicted octanol–water partition coefficient (Wildman–Crippen LogP) is 17.8. The van der Waals surface area contributed by atoms with Gasteiger partial charge >= 0.3 is 0 Å². The number of benzene rings is 11. The quantitative estimate of drug-likeness (QED) is 0.144. The molecule has 0 amide bonds. The summed E-state index contributed by atoms with van der Waals surface area (Å²) in [5.41, 5.74) is 14.7. The molecule has 0 aliphatic carbocycles. The molecule has 0 aliphatic heterocycles. The highest BCUT2D eigenvalue weighted by Gasteiger charge is 2.30. The van der Waals surface area contributed by atoms with Crippen LogP contribution in [0.1, 0.15) is 0 Å². The maximum Gasteiger partial charge on any atom is 0.143 e. The van der Waals surface area contributed by atoms with Crippen LogP contribution in [0.25, 0.3) is 76.9 Å². The number of fused-ring (bicyclic) bond motifs is 6. The second-order valence-corrected chi connectivity index (χ2v) is 16.4. The maximum absolute atomic E-state index is 7.06. The van der Waals surface area contributed by atoms with Gasteiger partial charge < -0.3 is 14.2 Å². The van der Waals surface area contributed by atoms with Gasteiger partial charge in [0, 0.05) is 33.3 Å². The Labute approximate surface area is 378 Å². The van der Waals surface area contributed by atoms with E-state index in [1.807, 2.05) is 0 Å². The average molecular weight is 831 g/mol. The molecule has 0 fully saturated rings. The lowest BCUT2D eigenvalue weighted by atomic mass is 9.95. The summed E-state index contributed by atoms with van der Waals surface area (Å²) in [6.07, 6.45) is 0. The van der Waals surface area contributed by atoms with Crippen molar-refractivity contribution < 1.29 is 4.42 Å². The van der Waals surface area contributed by atoms with Gasteiger partial charge in [-0.25, -0.2) is 0 Å². The Kier molecular flexibility index (Phi) is 9.50. The van der Waals surface area contributed by atoms with E-state index in [1.165, 1.54) is 21.9 Å². The number of rotatable bonds is 9. The van der Waals surface area contributed by atoms with E-state index >= 15 is 0 Å². The van der Waals surface area contributed by atoms with Crippen molar-refractivity contribution in [2.45, 2.75) is 0 Å². The van der Waals surface area contributed by atoms with Crippen LogP contribution in [0, 0.1) is 0 Å². The molecule has 0 atom stereocenters. The van der Waals surface area contributed by atoms with E-state index in [4.69, 9.17) is 4.42 Å². The van der Waals surface area contributed by atoms with E-state index in [1.54, 1.807) is 0 Å². The zero-order valence-electron chi connectivity index (χ0n) is 35.6. The molecule has 3 heteroatoms. The van der Waals surface area contributed by atoms with E-state index in [0.29, 0.717) is 0 Å². The van der Waals surface area contributed by atoms with Crippen LogP contribution >= 0.6 is 0 Å². The zero-order chi connectivity index (χ0) is 43.1. The molecule has 0 aliphatic rings. The average Bonchev–Trinajstić information content (AvgIpc) is 3.78. The standard InChI is InChI=1S/C62H42N2O/c1-4-19-43(20-5-1)44-35-38-49(39-36-44)64(56-33-16-14-29-51(56)46-21-6-2-7-22-46)61-58(41-42-59-60(61)55-40-37-47-24-11-13-30-52(47)62(55)65-59)63(48-26-8-3-9-27-48)57-34-17-15-31-54(57)53-32-18-25-45-23-10-12-28-50(45)53/h1-42H. The summed E-state index contributed by atoms with van der Waals surface area (Å²) < 4.78 is 7.06. The summed E-state index contributed by atoms with van der Waals surface area (Å²) in [6, 6.07) is 91.4. The second kappa shape index (κ2) is 16.2. The molecule has 1 heterocycles. The highest BCUT2D eigenvalue weighted by Crippen LogP contribution is 2.54. The van der Waals surface area contributed by atoms with Crippen LogP contribution < -0.4 is 9.80 Å². The predicted molar refractivity (Wildman–Crippen MR) is 274 cm³/mol. The number of hydrogen-bond acceptors (Lipinski definition) is 3. The monoisotopic (exact) mass is 830 g/mol. The van der Waals surface area contributed by atoms with Crippen molar-refractivity contribution in [3.8, 4) is 33.4 Å². The molecule has 0 N–H and O–H groups in total. The molecule has 0 saturated carbocycles. The molecule has 306 valence electrons. The first-order valence-electron chi connectivity index (χ1n) is 22.2. The van der Waals surface area contributed by atoms with Crippen LogP contribution in [0.3, 0.4) is 0 Å². The van der Waals surface area contributed by atoms with Crippen LogP contribution in [-0.4, -0.2) is 0 Å². The minimum Gasteiger partial charge on any atom is -0.455 e. The molecular weight excluding hydrogens is 789 g/mol. The highest BCUT2D eigenvalue weighted by molar-refractivity contribution is 6.22. The third-order valence-electron chi connectivity index (χ3n) is 12.6. The summed E-state index contributed by atoms with van der Waals surface area (Å²) in [4.78, 5) is 4.91. The Morgan fingerprint density at radius 2 is 0.800 bits per heavy atom. The lowest BCUT2D eigenvalue weighted by molar-refractivity contribution is 0.672. The normalized spacial score (nSPS) is 11.4. The minimum absolute atomic E-state index is 0.813. The molecule has 11 aromatic carbocycles. The van der Waals surface area contributed by atoms with Gasteiger partial charge in [0.2, 0.25) is 0 Å². The smallest absolute Gasteiger partial charge is 0.143 e. The molecule has 3 nitrogen and oxygen atoms in total. The van der Waals surface area contributed by atoms with Crippen LogP contribution in [0.5, 0.6) is 0 Å². The molecule has 65 heavy (non-hydrogen) atoms. The Balaban J connectivity index is 1.22. The van der Waals surface area contributed by atoms with Crippen molar-refractivity contribution in [1.82, 2.24) is 0 Å². The number of anilines is 6. The van der Waals surface area contributed by atoms with Crippen molar-refractivity contribution in [1.29, 1.82) is 0 Å². The van der Waals surface area contributed by atoms with Gasteiger partial charge in [0.1, 0.15) is 11.2 Å². The lowest BCUT2D eigenvalue weighted by Crippen LogP contribution is -2.18. The molecule has 0 unspecified atom stereocenters. The second-order valence-electron chi connectivity index (χ2n) is 16.4. The van der Waals surface area contributed by atoms with Gasteiger partial charge in [-0.3, -0.25) is 0 Å². The Morgan fingerprint density at radius 1 is 0.277 bits per heavy atom. The molecule has 12 aromatic rings.